The third kappa shape index (κ3) is 4.93. The molecule has 2 rings (SSSR count). The van der Waals surface area contributed by atoms with E-state index in [9.17, 15) is 4.79 Å². The van der Waals surface area contributed by atoms with Crippen molar-refractivity contribution in [2.24, 2.45) is 5.92 Å². The first-order valence-corrected chi connectivity index (χ1v) is 8.40. The highest BCUT2D eigenvalue weighted by Crippen LogP contribution is 2.21. The molecule has 1 aromatic carbocycles. The number of methoxy groups -OCH3 is 1. The lowest BCUT2D eigenvalue weighted by atomic mass is 9.97. The maximum atomic E-state index is 12.5. The first kappa shape index (κ1) is 16.7. The van der Waals surface area contributed by atoms with Crippen molar-refractivity contribution in [2.45, 2.75) is 12.8 Å². The minimum atomic E-state index is 0.152. The molecule has 1 aromatic rings. The summed E-state index contributed by atoms with van der Waals surface area (Å²) in [4.78, 5) is 14.5. The molecule has 1 saturated heterocycles. The summed E-state index contributed by atoms with van der Waals surface area (Å²) in [6.45, 7) is 3.71. The normalized spacial score (nSPS) is 16.2. The Balaban J connectivity index is 1.78. The van der Waals surface area contributed by atoms with Crippen molar-refractivity contribution in [3.8, 4) is 0 Å². The first-order valence-electron chi connectivity index (χ1n) is 7.33. The van der Waals surface area contributed by atoms with Gasteiger partial charge in [0.1, 0.15) is 0 Å². The number of ether oxygens (including phenoxy) is 2. The molecule has 5 heteroatoms. The molecule has 1 heterocycles. The Morgan fingerprint density at radius 1 is 1.29 bits per heavy atom. The van der Waals surface area contributed by atoms with E-state index in [1.54, 1.807) is 7.11 Å². The Hall–Kier alpha value is -0.660. The fourth-order valence-electron chi connectivity index (χ4n) is 2.50. The van der Waals surface area contributed by atoms with Gasteiger partial charge in [-0.3, -0.25) is 4.79 Å². The molecule has 0 unspecified atom stereocenters. The van der Waals surface area contributed by atoms with E-state index in [0.29, 0.717) is 19.1 Å². The number of carbonyl (C=O) groups is 1. The number of benzene rings is 1. The largest absolute Gasteiger partial charge is 0.382 e. The van der Waals surface area contributed by atoms with Gasteiger partial charge in [0.05, 0.1) is 18.8 Å². The van der Waals surface area contributed by atoms with Crippen LogP contribution in [0.25, 0.3) is 0 Å². The average Bonchev–Trinajstić information content (AvgIpc) is 2.52. The van der Waals surface area contributed by atoms with Gasteiger partial charge in [-0.05, 0) is 53.5 Å². The summed E-state index contributed by atoms with van der Waals surface area (Å²) in [6, 6.07) is 7.77. The van der Waals surface area contributed by atoms with E-state index in [1.165, 1.54) is 0 Å². The summed E-state index contributed by atoms with van der Waals surface area (Å²) < 4.78 is 11.6. The summed E-state index contributed by atoms with van der Waals surface area (Å²) in [6.07, 6.45) is 2.03. The molecule has 1 fully saturated rings. The van der Waals surface area contributed by atoms with E-state index in [-0.39, 0.29) is 5.91 Å². The van der Waals surface area contributed by atoms with Gasteiger partial charge in [0.25, 0.3) is 5.91 Å². The van der Waals surface area contributed by atoms with Crippen LogP contribution in [0, 0.1) is 9.49 Å². The number of amides is 1. The number of hydrogen-bond donors (Lipinski definition) is 0. The predicted molar refractivity (Wildman–Crippen MR) is 90.5 cm³/mol. The summed E-state index contributed by atoms with van der Waals surface area (Å²) in [7, 11) is 1.68. The van der Waals surface area contributed by atoms with Crippen LogP contribution in [0.5, 0.6) is 0 Å². The third-order valence-electron chi connectivity index (χ3n) is 3.79. The Kier molecular flexibility index (Phi) is 6.92. The van der Waals surface area contributed by atoms with Gasteiger partial charge < -0.3 is 14.4 Å². The van der Waals surface area contributed by atoms with Crippen molar-refractivity contribution in [3.63, 3.8) is 0 Å². The fourth-order valence-corrected chi connectivity index (χ4v) is 3.12. The lowest BCUT2D eigenvalue weighted by Crippen LogP contribution is -2.39. The Morgan fingerprint density at radius 2 is 2.00 bits per heavy atom. The van der Waals surface area contributed by atoms with E-state index in [0.717, 1.165) is 41.7 Å². The van der Waals surface area contributed by atoms with Crippen LogP contribution < -0.4 is 0 Å². The van der Waals surface area contributed by atoms with Crippen molar-refractivity contribution in [1.29, 1.82) is 0 Å². The highest BCUT2D eigenvalue weighted by atomic mass is 127. The quantitative estimate of drug-likeness (QED) is 0.542. The van der Waals surface area contributed by atoms with E-state index in [4.69, 9.17) is 9.47 Å². The van der Waals surface area contributed by atoms with Gasteiger partial charge in [-0.2, -0.15) is 0 Å². The molecule has 0 aliphatic carbocycles. The minimum absolute atomic E-state index is 0.152. The summed E-state index contributed by atoms with van der Waals surface area (Å²) in [5.74, 6) is 0.708. The number of nitrogens with zero attached hydrogens (tertiary/aromatic N) is 1. The molecule has 4 nitrogen and oxygen atoms in total. The monoisotopic (exact) mass is 403 g/mol. The standard InChI is InChI=1S/C16H22INO3/c1-20-10-11-21-12-13-6-8-18(9-7-13)16(19)14-4-2-3-5-15(14)17/h2-5,13H,6-12H2,1H3. The second-order valence-electron chi connectivity index (χ2n) is 5.28. The van der Waals surface area contributed by atoms with Crippen molar-refractivity contribution in [1.82, 2.24) is 4.90 Å². The molecule has 1 aliphatic rings. The predicted octanol–water partition coefficient (Wildman–Crippen LogP) is 2.81. The maximum absolute atomic E-state index is 12.5. The van der Waals surface area contributed by atoms with Gasteiger partial charge in [-0.1, -0.05) is 12.1 Å². The summed E-state index contributed by atoms with van der Waals surface area (Å²) in [5, 5.41) is 0. The molecule has 0 spiro atoms. The van der Waals surface area contributed by atoms with Gasteiger partial charge in [0, 0.05) is 30.4 Å². The van der Waals surface area contributed by atoms with Crippen molar-refractivity contribution in [3.05, 3.63) is 33.4 Å². The van der Waals surface area contributed by atoms with Crippen LogP contribution in [0.2, 0.25) is 0 Å². The van der Waals surface area contributed by atoms with E-state index >= 15 is 0 Å². The Morgan fingerprint density at radius 3 is 2.67 bits per heavy atom. The van der Waals surface area contributed by atoms with Gasteiger partial charge in [-0.25, -0.2) is 0 Å². The molecule has 1 aliphatic heterocycles. The van der Waals surface area contributed by atoms with Crippen LogP contribution in [0.3, 0.4) is 0 Å². The molecule has 116 valence electrons. The maximum Gasteiger partial charge on any atom is 0.254 e. The van der Waals surface area contributed by atoms with E-state index in [1.807, 2.05) is 29.2 Å². The number of halogens is 1. The summed E-state index contributed by atoms with van der Waals surface area (Å²) in [5.41, 5.74) is 0.813. The zero-order valence-corrected chi connectivity index (χ0v) is 14.5. The van der Waals surface area contributed by atoms with Crippen molar-refractivity contribution < 1.29 is 14.3 Å². The average molecular weight is 403 g/mol. The molecular formula is C16H22INO3. The second kappa shape index (κ2) is 8.70. The number of carbonyl (C=O) groups excluding carboxylic acids is 1. The van der Waals surface area contributed by atoms with Crippen LogP contribution in [0.1, 0.15) is 23.2 Å². The number of likely N-dealkylation sites (tertiary alicyclic amines) is 1. The fraction of sp³-hybridized carbons (Fsp3) is 0.562. The van der Waals surface area contributed by atoms with Gasteiger partial charge in [0.2, 0.25) is 0 Å². The molecule has 0 bridgehead atoms. The van der Waals surface area contributed by atoms with E-state index < -0.39 is 0 Å². The lowest BCUT2D eigenvalue weighted by molar-refractivity contribution is 0.0327. The molecule has 0 radical (unpaired) electrons. The molecule has 1 amide bonds. The molecule has 0 N–H and O–H groups in total. The molecule has 21 heavy (non-hydrogen) atoms. The SMILES string of the molecule is COCCOCC1CCN(C(=O)c2ccccc2I)CC1. The smallest absolute Gasteiger partial charge is 0.254 e. The number of rotatable bonds is 6. The van der Waals surface area contributed by atoms with Crippen LogP contribution >= 0.6 is 22.6 Å². The van der Waals surface area contributed by atoms with Gasteiger partial charge in [0.15, 0.2) is 0 Å². The van der Waals surface area contributed by atoms with Gasteiger partial charge in [-0.15, -0.1) is 0 Å². The van der Waals surface area contributed by atoms with Crippen LogP contribution in [0.15, 0.2) is 24.3 Å². The minimum Gasteiger partial charge on any atom is -0.382 e. The van der Waals surface area contributed by atoms with Crippen molar-refractivity contribution in [2.75, 3.05) is 40.0 Å². The van der Waals surface area contributed by atoms with Gasteiger partial charge >= 0.3 is 0 Å². The number of hydrogen-bond acceptors (Lipinski definition) is 3. The Labute approximate surface area is 139 Å². The topological polar surface area (TPSA) is 38.8 Å². The Bertz CT molecular complexity index is 459. The number of piperidine rings is 1. The molecule has 0 aromatic heterocycles. The highest BCUT2D eigenvalue weighted by molar-refractivity contribution is 14.1. The zero-order valence-electron chi connectivity index (χ0n) is 12.4. The molecular weight excluding hydrogens is 381 g/mol. The van der Waals surface area contributed by atoms with Crippen LogP contribution in [0.4, 0.5) is 0 Å². The third-order valence-corrected chi connectivity index (χ3v) is 4.73. The van der Waals surface area contributed by atoms with Crippen LogP contribution in [-0.2, 0) is 9.47 Å². The summed E-state index contributed by atoms with van der Waals surface area (Å²) >= 11 is 2.22. The highest BCUT2D eigenvalue weighted by Gasteiger charge is 2.24. The lowest BCUT2D eigenvalue weighted by Gasteiger charge is -2.32. The van der Waals surface area contributed by atoms with E-state index in [2.05, 4.69) is 22.6 Å². The molecule has 0 atom stereocenters. The van der Waals surface area contributed by atoms with Crippen molar-refractivity contribution >= 4 is 28.5 Å². The zero-order chi connectivity index (χ0) is 15.1. The second-order valence-corrected chi connectivity index (χ2v) is 6.45. The molecule has 0 saturated carbocycles. The van der Waals surface area contributed by atoms with Crippen LogP contribution in [-0.4, -0.2) is 50.8 Å². The first-order chi connectivity index (χ1) is 10.2.